The Morgan fingerprint density at radius 1 is 1.38 bits per heavy atom. The van der Waals surface area contributed by atoms with E-state index < -0.39 is 0 Å². The van der Waals surface area contributed by atoms with Crippen molar-refractivity contribution in [2.75, 3.05) is 26.8 Å². The van der Waals surface area contributed by atoms with Crippen LogP contribution in [0.4, 0.5) is 0 Å². The number of likely N-dealkylation sites (tertiary alicyclic amines) is 1. The zero-order valence-corrected chi connectivity index (χ0v) is 12.3. The first kappa shape index (κ1) is 14.3. The van der Waals surface area contributed by atoms with Crippen LogP contribution in [0.2, 0.25) is 0 Å². The summed E-state index contributed by atoms with van der Waals surface area (Å²) in [5.74, 6) is 2.92. The molecule has 1 aliphatic heterocycles. The van der Waals surface area contributed by atoms with Gasteiger partial charge in [-0.1, -0.05) is 5.16 Å². The van der Waals surface area contributed by atoms with E-state index in [4.69, 9.17) is 13.7 Å². The third-order valence-electron chi connectivity index (χ3n) is 3.91. The Kier molecular flexibility index (Phi) is 4.67. The molecule has 0 N–H and O–H groups in total. The molecule has 1 saturated heterocycles. The summed E-state index contributed by atoms with van der Waals surface area (Å²) in [5.41, 5.74) is 0. The number of piperidine rings is 1. The summed E-state index contributed by atoms with van der Waals surface area (Å²) >= 11 is 0. The van der Waals surface area contributed by atoms with Crippen LogP contribution in [-0.4, -0.2) is 41.8 Å². The van der Waals surface area contributed by atoms with E-state index in [0.29, 0.717) is 18.9 Å². The van der Waals surface area contributed by atoms with E-state index in [2.05, 4.69) is 15.0 Å². The Balaban J connectivity index is 1.49. The lowest BCUT2D eigenvalue weighted by molar-refractivity contribution is 0.176. The maximum Gasteiger partial charge on any atom is 0.229 e. The van der Waals surface area contributed by atoms with E-state index >= 15 is 0 Å². The lowest BCUT2D eigenvalue weighted by Crippen LogP contribution is -2.32. The molecule has 1 fully saturated rings. The van der Waals surface area contributed by atoms with Crippen LogP contribution >= 0.6 is 0 Å². The van der Waals surface area contributed by atoms with Gasteiger partial charge in [-0.25, -0.2) is 0 Å². The van der Waals surface area contributed by atoms with Crippen molar-refractivity contribution in [2.24, 2.45) is 0 Å². The predicted molar refractivity (Wildman–Crippen MR) is 75.8 cm³/mol. The Labute approximate surface area is 124 Å². The van der Waals surface area contributed by atoms with Gasteiger partial charge in [-0.05, 0) is 38.1 Å². The Morgan fingerprint density at radius 3 is 2.95 bits per heavy atom. The van der Waals surface area contributed by atoms with E-state index in [1.165, 1.54) is 0 Å². The highest BCUT2D eigenvalue weighted by molar-refractivity contribution is 5.00. The Bertz CT molecular complexity index is 530. The average Bonchev–Trinajstić information content (AvgIpc) is 3.17. The predicted octanol–water partition coefficient (Wildman–Crippen LogP) is 2.23. The molecule has 6 heteroatoms. The third-order valence-corrected chi connectivity index (χ3v) is 3.91. The molecule has 6 nitrogen and oxygen atoms in total. The van der Waals surface area contributed by atoms with Crippen LogP contribution in [0.15, 0.2) is 27.3 Å². The largest absolute Gasteiger partial charge is 0.468 e. The highest BCUT2D eigenvalue weighted by Gasteiger charge is 2.25. The molecule has 0 aromatic carbocycles. The molecule has 0 amide bonds. The number of ether oxygens (including phenoxy) is 1. The van der Waals surface area contributed by atoms with Crippen LogP contribution in [0.1, 0.15) is 36.2 Å². The van der Waals surface area contributed by atoms with E-state index in [9.17, 15) is 0 Å². The molecule has 21 heavy (non-hydrogen) atoms. The van der Waals surface area contributed by atoms with Gasteiger partial charge in [0.15, 0.2) is 5.82 Å². The number of nitrogens with zero attached hydrogens (tertiary/aromatic N) is 3. The van der Waals surface area contributed by atoms with Gasteiger partial charge in [0.05, 0.1) is 19.4 Å². The molecule has 0 bridgehead atoms. The molecular weight excluding hydrogens is 270 g/mol. The van der Waals surface area contributed by atoms with E-state index in [0.717, 1.165) is 50.0 Å². The summed E-state index contributed by atoms with van der Waals surface area (Å²) in [6, 6.07) is 3.95. The van der Waals surface area contributed by atoms with Crippen LogP contribution in [0.3, 0.4) is 0 Å². The van der Waals surface area contributed by atoms with Crippen LogP contribution in [-0.2, 0) is 17.7 Å². The minimum absolute atomic E-state index is 0.377. The van der Waals surface area contributed by atoms with Crippen molar-refractivity contribution in [2.45, 2.75) is 31.7 Å². The number of hydrogen-bond donors (Lipinski definition) is 0. The zero-order chi connectivity index (χ0) is 14.5. The van der Waals surface area contributed by atoms with Gasteiger partial charge >= 0.3 is 0 Å². The van der Waals surface area contributed by atoms with Gasteiger partial charge in [0.1, 0.15) is 5.76 Å². The second-order valence-corrected chi connectivity index (χ2v) is 5.42. The fraction of sp³-hybridized carbons (Fsp3) is 0.600. The zero-order valence-electron chi connectivity index (χ0n) is 12.3. The minimum Gasteiger partial charge on any atom is -0.468 e. The fourth-order valence-electron chi connectivity index (χ4n) is 2.69. The smallest absolute Gasteiger partial charge is 0.229 e. The molecule has 0 spiro atoms. The number of rotatable bonds is 6. The third kappa shape index (κ3) is 3.71. The van der Waals surface area contributed by atoms with E-state index in [1.54, 1.807) is 13.4 Å². The molecule has 0 saturated carbocycles. The van der Waals surface area contributed by atoms with Crippen molar-refractivity contribution in [3.8, 4) is 0 Å². The highest BCUT2D eigenvalue weighted by Crippen LogP contribution is 2.27. The molecule has 0 aliphatic carbocycles. The first-order chi connectivity index (χ1) is 10.3. The lowest BCUT2D eigenvalue weighted by Gasteiger charge is -2.29. The summed E-state index contributed by atoms with van der Waals surface area (Å²) in [4.78, 5) is 6.88. The van der Waals surface area contributed by atoms with Crippen molar-refractivity contribution in [1.29, 1.82) is 0 Å². The molecule has 0 radical (unpaired) electrons. The molecule has 3 rings (SSSR count). The molecule has 2 aromatic heterocycles. The van der Waals surface area contributed by atoms with Gasteiger partial charge in [-0.2, -0.15) is 4.98 Å². The van der Waals surface area contributed by atoms with Gasteiger partial charge in [0, 0.05) is 19.4 Å². The van der Waals surface area contributed by atoms with Gasteiger partial charge in [-0.3, -0.25) is 4.90 Å². The average molecular weight is 291 g/mol. The summed E-state index contributed by atoms with van der Waals surface area (Å²) < 4.78 is 15.8. The van der Waals surface area contributed by atoms with Crippen LogP contribution < -0.4 is 0 Å². The second kappa shape index (κ2) is 6.87. The summed E-state index contributed by atoms with van der Waals surface area (Å²) in [5, 5.41) is 4.01. The summed E-state index contributed by atoms with van der Waals surface area (Å²) in [6.45, 7) is 3.56. The number of aromatic nitrogens is 2. The number of hydrogen-bond acceptors (Lipinski definition) is 6. The molecular formula is C15H21N3O3. The summed E-state index contributed by atoms with van der Waals surface area (Å²) in [6.07, 6.45) is 4.53. The van der Waals surface area contributed by atoms with E-state index in [1.807, 2.05) is 12.1 Å². The normalized spacial score (nSPS) is 17.4. The minimum atomic E-state index is 0.377. The fourth-order valence-corrected chi connectivity index (χ4v) is 2.69. The highest BCUT2D eigenvalue weighted by atomic mass is 16.5. The van der Waals surface area contributed by atoms with Crippen molar-refractivity contribution in [1.82, 2.24) is 15.0 Å². The molecule has 0 unspecified atom stereocenters. The van der Waals surface area contributed by atoms with Gasteiger partial charge in [0.2, 0.25) is 5.89 Å². The monoisotopic (exact) mass is 291 g/mol. The van der Waals surface area contributed by atoms with Gasteiger partial charge < -0.3 is 13.7 Å². The number of methoxy groups -OCH3 is 1. The topological polar surface area (TPSA) is 64.5 Å². The summed E-state index contributed by atoms with van der Waals surface area (Å²) in [7, 11) is 1.68. The van der Waals surface area contributed by atoms with E-state index in [-0.39, 0.29) is 0 Å². The first-order valence-corrected chi connectivity index (χ1v) is 7.41. The second-order valence-electron chi connectivity index (χ2n) is 5.42. The van der Waals surface area contributed by atoms with Crippen molar-refractivity contribution in [3.63, 3.8) is 0 Å². The Hall–Kier alpha value is -1.66. The molecule has 0 atom stereocenters. The standard InChI is InChI=1S/C15H21N3O3/c1-19-10-6-14-16-15(21-17-14)12-4-7-18(8-5-12)11-13-3-2-9-20-13/h2-3,9,12H,4-8,10-11H2,1H3. The van der Waals surface area contributed by atoms with Gasteiger partial charge in [-0.15, -0.1) is 0 Å². The maximum atomic E-state index is 5.39. The maximum absolute atomic E-state index is 5.39. The number of furan rings is 1. The van der Waals surface area contributed by atoms with Gasteiger partial charge in [0.25, 0.3) is 0 Å². The Morgan fingerprint density at radius 2 is 2.24 bits per heavy atom. The van der Waals surface area contributed by atoms with Crippen molar-refractivity contribution >= 4 is 0 Å². The van der Waals surface area contributed by atoms with Crippen LogP contribution in [0, 0.1) is 0 Å². The quantitative estimate of drug-likeness (QED) is 0.813. The lowest BCUT2D eigenvalue weighted by atomic mass is 9.97. The molecule has 114 valence electrons. The molecule has 2 aromatic rings. The SMILES string of the molecule is COCCc1noc(C2CCN(Cc3ccco3)CC2)n1. The van der Waals surface area contributed by atoms with Crippen molar-refractivity contribution < 1.29 is 13.7 Å². The van der Waals surface area contributed by atoms with Crippen LogP contribution in [0.25, 0.3) is 0 Å². The first-order valence-electron chi connectivity index (χ1n) is 7.41. The molecule has 1 aliphatic rings. The molecule has 3 heterocycles. The van der Waals surface area contributed by atoms with Crippen molar-refractivity contribution in [3.05, 3.63) is 35.9 Å². The van der Waals surface area contributed by atoms with Crippen LogP contribution in [0.5, 0.6) is 0 Å².